The summed E-state index contributed by atoms with van der Waals surface area (Å²) in [5, 5.41) is 0. The van der Waals surface area contributed by atoms with Gasteiger partial charge in [-0.1, -0.05) is 15.9 Å². The maximum atomic E-state index is 5.06. The lowest BCUT2D eigenvalue weighted by Crippen LogP contribution is -1.95. The normalized spacial score (nSPS) is 10.8. The molecule has 0 unspecified atom stereocenters. The quantitative estimate of drug-likeness (QED) is 0.795. The van der Waals surface area contributed by atoms with Crippen molar-refractivity contribution in [1.29, 1.82) is 0 Å². The first kappa shape index (κ1) is 10.3. The molecule has 3 heteroatoms. The van der Waals surface area contributed by atoms with E-state index in [1.807, 2.05) is 31.0 Å². The van der Waals surface area contributed by atoms with Crippen molar-refractivity contribution in [3.8, 4) is 5.88 Å². The van der Waals surface area contributed by atoms with Gasteiger partial charge in [0.1, 0.15) is 0 Å². The van der Waals surface area contributed by atoms with Crippen LogP contribution < -0.4 is 4.74 Å². The Labute approximate surface area is 86.8 Å². The third-order valence-electron chi connectivity index (χ3n) is 1.87. The number of aryl methyl sites for hydroxylation is 2. The van der Waals surface area contributed by atoms with Crippen LogP contribution in [0.2, 0.25) is 0 Å². The van der Waals surface area contributed by atoms with Crippen LogP contribution in [0.4, 0.5) is 0 Å². The molecule has 0 aliphatic rings. The molecule has 1 heterocycles. The number of pyridine rings is 1. The second-order valence-corrected chi connectivity index (χ2v) is 3.30. The van der Waals surface area contributed by atoms with E-state index in [-0.39, 0.29) is 0 Å². The minimum absolute atomic E-state index is 0.668. The first-order chi connectivity index (χ1) is 6.19. The fraction of sp³-hybridized carbons (Fsp3) is 0.300. The van der Waals surface area contributed by atoms with E-state index in [1.54, 1.807) is 7.11 Å². The molecular weight excluding hydrogens is 230 g/mol. The van der Waals surface area contributed by atoms with E-state index in [4.69, 9.17) is 4.74 Å². The van der Waals surface area contributed by atoms with Crippen LogP contribution in [0, 0.1) is 13.8 Å². The Bertz CT molecular complexity index is 311. The zero-order chi connectivity index (χ0) is 9.84. The Morgan fingerprint density at radius 3 is 2.62 bits per heavy atom. The van der Waals surface area contributed by atoms with E-state index in [0.717, 1.165) is 11.3 Å². The van der Waals surface area contributed by atoms with Crippen molar-refractivity contribution in [3.05, 3.63) is 27.9 Å². The number of rotatable bonds is 2. The smallest absolute Gasteiger partial charge is 0.213 e. The van der Waals surface area contributed by atoms with Gasteiger partial charge in [-0.25, -0.2) is 4.98 Å². The van der Waals surface area contributed by atoms with Gasteiger partial charge in [0.2, 0.25) is 5.88 Å². The maximum Gasteiger partial charge on any atom is 0.213 e. The minimum Gasteiger partial charge on any atom is -0.481 e. The molecule has 0 N–H and O–H groups in total. The highest BCUT2D eigenvalue weighted by Crippen LogP contribution is 2.19. The van der Waals surface area contributed by atoms with Crippen molar-refractivity contribution in [1.82, 2.24) is 4.98 Å². The predicted molar refractivity (Wildman–Crippen MR) is 58.2 cm³/mol. The van der Waals surface area contributed by atoms with Gasteiger partial charge in [-0.05, 0) is 36.0 Å². The summed E-state index contributed by atoms with van der Waals surface area (Å²) >= 11 is 3.25. The summed E-state index contributed by atoms with van der Waals surface area (Å²) in [6, 6.07) is 1.93. The summed E-state index contributed by atoms with van der Waals surface area (Å²) in [5.41, 5.74) is 3.28. The highest BCUT2D eigenvalue weighted by molar-refractivity contribution is 9.11. The molecular formula is C10H12BrNO. The highest BCUT2D eigenvalue weighted by atomic mass is 79.9. The summed E-state index contributed by atoms with van der Waals surface area (Å²) in [6.45, 7) is 4.01. The van der Waals surface area contributed by atoms with Crippen LogP contribution in [-0.4, -0.2) is 12.1 Å². The van der Waals surface area contributed by atoms with Gasteiger partial charge in [0.15, 0.2) is 0 Å². The van der Waals surface area contributed by atoms with E-state index < -0.39 is 0 Å². The summed E-state index contributed by atoms with van der Waals surface area (Å²) in [4.78, 5) is 6.11. The molecule has 0 aliphatic carbocycles. The molecule has 0 amide bonds. The van der Waals surface area contributed by atoms with Crippen molar-refractivity contribution in [2.45, 2.75) is 13.8 Å². The summed E-state index contributed by atoms with van der Waals surface area (Å²) in [5.74, 6) is 0.668. The Morgan fingerprint density at radius 1 is 1.46 bits per heavy atom. The third-order valence-corrected chi connectivity index (χ3v) is 2.14. The lowest BCUT2D eigenvalue weighted by atomic mass is 10.1. The number of methoxy groups -OCH3 is 1. The molecule has 1 rings (SSSR count). The SMILES string of the molecule is COc1cc(C)c(/C=C/Br)c(C)n1. The van der Waals surface area contributed by atoms with Gasteiger partial charge in [0.05, 0.1) is 7.11 Å². The summed E-state index contributed by atoms with van der Waals surface area (Å²) in [6.07, 6.45) is 1.98. The van der Waals surface area contributed by atoms with Crippen molar-refractivity contribution in [2.24, 2.45) is 0 Å². The van der Waals surface area contributed by atoms with Gasteiger partial charge >= 0.3 is 0 Å². The predicted octanol–water partition coefficient (Wildman–Crippen LogP) is 3.07. The molecule has 13 heavy (non-hydrogen) atoms. The minimum atomic E-state index is 0.668. The highest BCUT2D eigenvalue weighted by Gasteiger charge is 2.03. The van der Waals surface area contributed by atoms with E-state index in [1.165, 1.54) is 5.56 Å². The van der Waals surface area contributed by atoms with Gasteiger partial charge in [-0.2, -0.15) is 0 Å². The Morgan fingerprint density at radius 2 is 2.15 bits per heavy atom. The van der Waals surface area contributed by atoms with Crippen LogP contribution in [0.25, 0.3) is 6.08 Å². The standard InChI is InChI=1S/C10H12BrNO/c1-7-6-10(13-3)12-8(2)9(7)4-5-11/h4-6H,1-3H3/b5-4+. The van der Waals surface area contributed by atoms with Crippen molar-refractivity contribution in [2.75, 3.05) is 7.11 Å². The lowest BCUT2D eigenvalue weighted by Gasteiger charge is -2.06. The van der Waals surface area contributed by atoms with Gasteiger partial charge in [0.25, 0.3) is 0 Å². The van der Waals surface area contributed by atoms with Crippen LogP contribution >= 0.6 is 15.9 Å². The van der Waals surface area contributed by atoms with Crippen molar-refractivity contribution < 1.29 is 4.74 Å². The fourth-order valence-corrected chi connectivity index (χ4v) is 1.49. The number of ether oxygens (including phenoxy) is 1. The van der Waals surface area contributed by atoms with Crippen LogP contribution in [0.1, 0.15) is 16.8 Å². The molecule has 0 aromatic carbocycles. The molecule has 0 spiro atoms. The molecule has 1 aromatic heterocycles. The zero-order valence-corrected chi connectivity index (χ0v) is 9.55. The fourth-order valence-electron chi connectivity index (χ4n) is 1.23. The molecule has 0 radical (unpaired) electrons. The topological polar surface area (TPSA) is 22.1 Å². The Balaban J connectivity index is 3.22. The second kappa shape index (κ2) is 4.42. The lowest BCUT2D eigenvalue weighted by molar-refractivity contribution is 0.396. The molecule has 0 atom stereocenters. The van der Waals surface area contributed by atoms with Crippen LogP contribution in [-0.2, 0) is 0 Å². The van der Waals surface area contributed by atoms with Crippen LogP contribution in [0.3, 0.4) is 0 Å². The van der Waals surface area contributed by atoms with Gasteiger partial charge in [-0.3, -0.25) is 0 Å². The van der Waals surface area contributed by atoms with Gasteiger partial charge in [-0.15, -0.1) is 0 Å². The molecule has 2 nitrogen and oxygen atoms in total. The Hall–Kier alpha value is -0.830. The third kappa shape index (κ3) is 2.31. The molecule has 0 saturated heterocycles. The van der Waals surface area contributed by atoms with E-state index in [2.05, 4.69) is 20.9 Å². The first-order valence-electron chi connectivity index (χ1n) is 3.98. The molecule has 0 bridgehead atoms. The average molecular weight is 242 g/mol. The molecule has 0 aliphatic heterocycles. The van der Waals surface area contributed by atoms with Crippen LogP contribution in [0.15, 0.2) is 11.1 Å². The number of hydrogen-bond donors (Lipinski definition) is 0. The largest absolute Gasteiger partial charge is 0.481 e. The molecule has 0 saturated carbocycles. The van der Waals surface area contributed by atoms with Crippen molar-refractivity contribution >= 4 is 22.0 Å². The second-order valence-electron chi connectivity index (χ2n) is 2.77. The number of aromatic nitrogens is 1. The number of nitrogens with zero attached hydrogens (tertiary/aromatic N) is 1. The molecule has 1 aromatic rings. The monoisotopic (exact) mass is 241 g/mol. The van der Waals surface area contributed by atoms with Gasteiger partial charge < -0.3 is 4.74 Å². The van der Waals surface area contributed by atoms with Crippen LogP contribution in [0.5, 0.6) is 5.88 Å². The van der Waals surface area contributed by atoms with E-state index in [9.17, 15) is 0 Å². The molecule has 0 fully saturated rings. The molecule has 70 valence electrons. The van der Waals surface area contributed by atoms with E-state index >= 15 is 0 Å². The summed E-state index contributed by atoms with van der Waals surface area (Å²) < 4.78 is 5.06. The summed E-state index contributed by atoms with van der Waals surface area (Å²) in [7, 11) is 1.63. The number of hydrogen-bond acceptors (Lipinski definition) is 2. The van der Waals surface area contributed by atoms with E-state index in [0.29, 0.717) is 5.88 Å². The zero-order valence-electron chi connectivity index (χ0n) is 7.97. The average Bonchev–Trinajstić information content (AvgIpc) is 2.11. The number of halogens is 1. The Kier molecular flexibility index (Phi) is 3.48. The van der Waals surface area contributed by atoms with Crippen molar-refractivity contribution in [3.63, 3.8) is 0 Å². The van der Waals surface area contributed by atoms with Gasteiger partial charge in [0, 0.05) is 11.8 Å². The maximum absolute atomic E-state index is 5.06. The first-order valence-corrected chi connectivity index (χ1v) is 4.89.